The number of pyridine rings is 4. The molecule has 0 spiro atoms. The number of benzene rings is 2. The quantitative estimate of drug-likeness (QED) is 0.0749. The van der Waals surface area contributed by atoms with Gasteiger partial charge in [0.05, 0.1) is 59.6 Å². The molecule has 6 aromatic heterocycles. The lowest BCUT2D eigenvalue weighted by atomic mass is 9.79. The van der Waals surface area contributed by atoms with Crippen LogP contribution in [-0.4, -0.2) is 48.1 Å². The fraction of sp³-hybridized carbons (Fsp3) is 0.158. The predicted molar refractivity (Wildman–Crippen MR) is 221 cm³/mol. The van der Waals surface area contributed by atoms with Crippen LogP contribution < -0.4 is 16.3 Å². The first-order chi connectivity index (χ1) is 27.5. The van der Waals surface area contributed by atoms with Gasteiger partial charge in [-0.05, 0) is 74.9 Å². The maximum Gasteiger partial charge on any atom is 0.496 e. The molecule has 1 fully saturated rings. The SMILES string of the molecule is CC1(C)OB(c2csc3c(F)cccc23)OC1(C)C.O=c1c([N+](=O)[O-])c[nH]c2ccc(-c3csc4c(F)cccc34)nc12.O=c1c([N+](=O)[O-])c[nH]c2ccc(Cl)nc12. The molecule has 1 saturated heterocycles. The van der Waals surface area contributed by atoms with E-state index in [0.29, 0.717) is 37.1 Å². The lowest BCUT2D eigenvalue weighted by molar-refractivity contribution is -0.386. The van der Waals surface area contributed by atoms with Crippen LogP contribution in [0.15, 0.2) is 93.4 Å². The van der Waals surface area contributed by atoms with E-state index in [1.165, 1.54) is 46.9 Å². The zero-order valence-corrected chi connectivity index (χ0v) is 33.1. The number of nitro groups is 2. The zero-order valence-electron chi connectivity index (χ0n) is 30.7. The number of nitrogens with zero attached hydrogens (tertiary/aromatic N) is 4. The van der Waals surface area contributed by atoms with E-state index >= 15 is 0 Å². The number of rotatable bonds is 4. The fourth-order valence-electron chi connectivity index (χ4n) is 5.98. The average molecular weight is 845 g/mol. The van der Waals surface area contributed by atoms with Crippen molar-refractivity contribution in [2.75, 3.05) is 0 Å². The molecule has 0 atom stereocenters. The van der Waals surface area contributed by atoms with Crippen LogP contribution >= 0.6 is 34.3 Å². The minimum Gasteiger partial charge on any atom is -0.399 e. The molecule has 14 nitrogen and oxygen atoms in total. The van der Waals surface area contributed by atoms with Crippen LogP contribution in [-0.2, 0) is 9.31 Å². The van der Waals surface area contributed by atoms with E-state index in [9.17, 15) is 38.6 Å². The molecule has 0 amide bonds. The summed E-state index contributed by atoms with van der Waals surface area (Å²) in [7, 11) is -0.430. The van der Waals surface area contributed by atoms with Crippen molar-refractivity contribution in [2.45, 2.75) is 38.9 Å². The Labute approximate surface area is 338 Å². The van der Waals surface area contributed by atoms with Crippen LogP contribution in [0.5, 0.6) is 0 Å². The van der Waals surface area contributed by atoms with Crippen molar-refractivity contribution >= 4 is 100 Å². The van der Waals surface area contributed by atoms with E-state index in [4.69, 9.17) is 20.9 Å². The van der Waals surface area contributed by atoms with Crippen molar-refractivity contribution in [3.8, 4) is 11.3 Å². The molecule has 7 heterocycles. The predicted octanol–water partition coefficient (Wildman–Crippen LogP) is 8.68. The highest BCUT2D eigenvalue weighted by Crippen LogP contribution is 2.38. The monoisotopic (exact) mass is 844 g/mol. The largest absolute Gasteiger partial charge is 0.496 e. The molecular weight excluding hydrogens is 817 g/mol. The summed E-state index contributed by atoms with van der Waals surface area (Å²) in [5, 5.41) is 26.8. The first-order valence-corrected chi connectivity index (χ1v) is 19.3. The second-order valence-corrected chi connectivity index (χ2v) is 16.0. The molecule has 2 N–H and O–H groups in total. The maximum atomic E-state index is 13.8. The summed E-state index contributed by atoms with van der Waals surface area (Å²) in [5.74, 6) is -0.511. The van der Waals surface area contributed by atoms with Crippen LogP contribution in [0.2, 0.25) is 5.15 Å². The molecule has 0 bridgehead atoms. The molecule has 1 aliphatic heterocycles. The molecule has 0 radical (unpaired) electrons. The second-order valence-electron chi connectivity index (χ2n) is 13.8. The number of H-pyrrole nitrogens is 2. The Morgan fingerprint density at radius 2 is 1.22 bits per heavy atom. The van der Waals surface area contributed by atoms with E-state index in [0.717, 1.165) is 23.2 Å². The number of thiophene rings is 2. The summed E-state index contributed by atoms with van der Waals surface area (Å²) < 4.78 is 40.8. The van der Waals surface area contributed by atoms with E-state index in [-0.39, 0.29) is 39.0 Å². The normalized spacial score (nSPS) is 14.3. The highest BCUT2D eigenvalue weighted by atomic mass is 35.5. The Morgan fingerprint density at radius 1 is 0.724 bits per heavy atom. The van der Waals surface area contributed by atoms with Crippen molar-refractivity contribution in [1.29, 1.82) is 0 Å². The third-order valence-electron chi connectivity index (χ3n) is 9.69. The molecule has 0 unspecified atom stereocenters. The number of hydrogen-bond acceptors (Lipinski definition) is 12. The summed E-state index contributed by atoms with van der Waals surface area (Å²) in [4.78, 5) is 57.0. The minimum absolute atomic E-state index is 0.0162. The Morgan fingerprint density at radius 3 is 1.79 bits per heavy atom. The average Bonchev–Trinajstić information content (AvgIpc) is 3.87. The minimum atomic E-state index is -0.763. The Bertz CT molecular complexity index is 3050. The van der Waals surface area contributed by atoms with Gasteiger partial charge in [-0.3, -0.25) is 29.8 Å². The highest BCUT2D eigenvalue weighted by molar-refractivity contribution is 7.18. The van der Waals surface area contributed by atoms with Gasteiger partial charge in [0.25, 0.3) is 10.9 Å². The van der Waals surface area contributed by atoms with E-state index in [1.54, 1.807) is 35.7 Å². The second kappa shape index (κ2) is 15.4. The van der Waals surface area contributed by atoms with Crippen molar-refractivity contribution in [3.63, 3.8) is 0 Å². The van der Waals surface area contributed by atoms with Crippen LogP contribution in [0.4, 0.5) is 20.2 Å². The lowest BCUT2D eigenvalue weighted by Gasteiger charge is -2.32. The summed E-state index contributed by atoms with van der Waals surface area (Å²) in [5.41, 5.74) is -0.517. The van der Waals surface area contributed by atoms with Gasteiger partial charge in [-0.15, -0.1) is 22.7 Å². The van der Waals surface area contributed by atoms with Crippen molar-refractivity contribution in [2.24, 2.45) is 0 Å². The Kier molecular flexibility index (Phi) is 10.7. The fourth-order valence-corrected chi connectivity index (χ4v) is 8.07. The molecular formula is C38H28BClF2N6O8S2. The maximum absolute atomic E-state index is 13.8. The van der Waals surface area contributed by atoms with E-state index in [2.05, 4.69) is 19.9 Å². The molecule has 2 aromatic carbocycles. The van der Waals surface area contributed by atoms with Gasteiger partial charge < -0.3 is 19.3 Å². The molecule has 8 aromatic rings. The van der Waals surface area contributed by atoms with Gasteiger partial charge in [-0.1, -0.05) is 35.9 Å². The number of hydrogen-bond donors (Lipinski definition) is 2. The smallest absolute Gasteiger partial charge is 0.399 e. The van der Waals surface area contributed by atoms with Crippen LogP contribution in [0.3, 0.4) is 0 Å². The van der Waals surface area contributed by atoms with Gasteiger partial charge in [0.1, 0.15) is 27.8 Å². The number of aromatic amines is 2. The molecule has 294 valence electrons. The topological polar surface area (TPSA) is 196 Å². The Hall–Kier alpha value is -5.99. The van der Waals surface area contributed by atoms with Gasteiger partial charge in [-0.25, -0.2) is 18.7 Å². The summed E-state index contributed by atoms with van der Waals surface area (Å²) in [6, 6.07) is 16.2. The van der Waals surface area contributed by atoms with E-state index in [1.807, 2.05) is 39.1 Å². The number of halogens is 3. The molecule has 1 aliphatic rings. The van der Waals surface area contributed by atoms with Crippen LogP contribution in [0.1, 0.15) is 27.7 Å². The summed E-state index contributed by atoms with van der Waals surface area (Å²) in [6.07, 6.45) is 2.10. The number of fused-ring (bicyclic) bond motifs is 4. The third kappa shape index (κ3) is 7.45. The van der Waals surface area contributed by atoms with Gasteiger partial charge in [0.15, 0.2) is 0 Å². The Balaban J connectivity index is 0.000000136. The van der Waals surface area contributed by atoms with Gasteiger partial charge >= 0.3 is 18.5 Å². The van der Waals surface area contributed by atoms with Crippen molar-refractivity contribution in [1.82, 2.24) is 19.9 Å². The highest BCUT2D eigenvalue weighted by Gasteiger charge is 2.52. The molecule has 58 heavy (non-hydrogen) atoms. The van der Waals surface area contributed by atoms with Crippen LogP contribution in [0, 0.1) is 31.9 Å². The van der Waals surface area contributed by atoms with E-state index < -0.39 is 39.2 Å². The third-order valence-corrected chi connectivity index (χ3v) is 11.9. The zero-order chi connectivity index (χ0) is 41.7. The molecule has 0 saturated carbocycles. The summed E-state index contributed by atoms with van der Waals surface area (Å²) >= 11 is 8.23. The van der Waals surface area contributed by atoms with Gasteiger partial charge in [-0.2, -0.15) is 0 Å². The summed E-state index contributed by atoms with van der Waals surface area (Å²) in [6.45, 7) is 8.06. The molecule has 9 rings (SSSR count). The molecule has 0 aliphatic carbocycles. The lowest BCUT2D eigenvalue weighted by Crippen LogP contribution is -2.41. The first kappa shape index (κ1) is 40.2. The number of aromatic nitrogens is 4. The van der Waals surface area contributed by atoms with Crippen molar-refractivity contribution in [3.05, 3.63) is 141 Å². The first-order valence-electron chi connectivity index (χ1n) is 17.1. The van der Waals surface area contributed by atoms with Crippen molar-refractivity contribution < 1.29 is 27.9 Å². The van der Waals surface area contributed by atoms with Crippen LogP contribution in [0.25, 0.3) is 53.5 Å². The molecule has 20 heteroatoms. The van der Waals surface area contributed by atoms with Gasteiger partial charge in [0, 0.05) is 21.8 Å². The number of nitrogens with one attached hydrogen (secondary N) is 2. The van der Waals surface area contributed by atoms with Gasteiger partial charge in [0.2, 0.25) is 0 Å². The standard InChI is InChI=1S/C16H8FN3O3S.C14H16BFO2S.C8H4ClN3O3/c17-10-3-1-2-8-9(7-24-16(8)10)11-4-5-12-14(19-11)15(21)13(6-18-12)20(22)23;1-13(2)14(3,4)18-15(17-13)10-8-19-12-9(10)6-5-7-11(12)16;9-6-2-1-4-7(11-6)8(13)5(3-10-4)12(14)15/h1-7H,(H,18,21);5-8H,1-4H3;1-3H,(H,10,13).